The second-order valence-electron chi connectivity index (χ2n) is 6.47. The molecule has 2 rings (SSSR count). The first-order chi connectivity index (χ1) is 13.0. The van der Waals surface area contributed by atoms with Gasteiger partial charge < -0.3 is 19.9 Å². The number of hydrogen-bond donors (Lipinski definition) is 2. The van der Waals surface area contributed by atoms with Gasteiger partial charge >= 0.3 is 12.1 Å². The van der Waals surface area contributed by atoms with Gasteiger partial charge in [0, 0.05) is 19.5 Å². The van der Waals surface area contributed by atoms with Crippen molar-refractivity contribution in [2.24, 2.45) is 5.92 Å². The quantitative estimate of drug-likeness (QED) is 0.544. The van der Waals surface area contributed by atoms with E-state index in [4.69, 9.17) is 9.47 Å². The second kappa shape index (κ2) is 9.94. The van der Waals surface area contributed by atoms with Crippen LogP contribution in [0.1, 0.15) is 55.8 Å². The number of fused-ring (bicyclic) bond motifs is 1. The topological polar surface area (TPSA) is 120 Å². The molecular formula is C18H27N3O6. The maximum absolute atomic E-state index is 12.4. The van der Waals surface area contributed by atoms with Gasteiger partial charge in [-0.1, -0.05) is 13.3 Å². The highest BCUT2D eigenvalue weighted by Crippen LogP contribution is 2.20. The van der Waals surface area contributed by atoms with Crippen LogP contribution in [0.5, 0.6) is 5.75 Å². The third-order valence-corrected chi connectivity index (χ3v) is 4.50. The van der Waals surface area contributed by atoms with Gasteiger partial charge in [0.25, 0.3) is 5.56 Å². The fourth-order valence-electron chi connectivity index (χ4n) is 2.93. The molecule has 0 aliphatic carbocycles. The fourth-order valence-corrected chi connectivity index (χ4v) is 2.93. The van der Waals surface area contributed by atoms with Gasteiger partial charge in [0.05, 0.1) is 13.2 Å². The zero-order valence-electron chi connectivity index (χ0n) is 15.8. The highest BCUT2D eigenvalue weighted by molar-refractivity contribution is 5.89. The Kier molecular flexibility index (Phi) is 7.63. The van der Waals surface area contributed by atoms with Gasteiger partial charge in [-0.15, -0.1) is 0 Å². The van der Waals surface area contributed by atoms with Crippen LogP contribution < -0.4 is 10.9 Å². The molecule has 0 radical (unpaired) electrons. The van der Waals surface area contributed by atoms with Crippen molar-refractivity contribution < 1.29 is 24.2 Å². The zero-order chi connectivity index (χ0) is 19.8. The van der Waals surface area contributed by atoms with E-state index < -0.39 is 23.4 Å². The van der Waals surface area contributed by atoms with E-state index in [0.717, 1.165) is 12.8 Å². The first-order valence-corrected chi connectivity index (χ1v) is 9.38. The molecule has 1 amide bonds. The predicted octanol–water partition coefficient (Wildman–Crippen LogP) is 1.60. The molecule has 0 saturated carbocycles. The number of carbonyl (C=O) groups excluding carboxylic acids is 2. The summed E-state index contributed by atoms with van der Waals surface area (Å²) >= 11 is 0. The summed E-state index contributed by atoms with van der Waals surface area (Å²) in [4.78, 5) is 40.1. The molecule has 1 unspecified atom stereocenters. The van der Waals surface area contributed by atoms with Crippen molar-refractivity contribution in [1.82, 2.24) is 14.9 Å². The minimum absolute atomic E-state index is 0.125. The summed E-state index contributed by atoms with van der Waals surface area (Å²) < 4.78 is 11.3. The lowest BCUT2D eigenvalue weighted by Crippen LogP contribution is -2.30. The van der Waals surface area contributed by atoms with E-state index in [1.807, 2.05) is 6.92 Å². The Balaban J connectivity index is 2.01. The normalized spacial score (nSPS) is 16.1. The summed E-state index contributed by atoms with van der Waals surface area (Å²) in [6.45, 7) is 4.97. The van der Waals surface area contributed by atoms with Crippen molar-refractivity contribution in [3.8, 4) is 5.75 Å². The van der Waals surface area contributed by atoms with Crippen molar-refractivity contribution in [1.29, 1.82) is 0 Å². The minimum Gasteiger partial charge on any atom is -0.501 e. The summed E-state index contributed by atoms with van der Waals surface area (Å²) in [5, 5.41) is 12.8. The molecule has 9 nitrogen and oxygen atoms in total. The molecule has 2 N–H and O–H groups in total. The van der Waals surface area contributed by atoms with E-state index in [-0.39, 0.29) is 18.2 Å². The number of aromatic nitrogens is 2. The number of alkyl carbamates (subject to hydrolysis) is 1. The van der Waals surface area contributed by atoms with E-state index in [1.165, 1.54) is 4.57 Å². The highest BCUT2D eigenvalue weighted by atomic mass is 16.5. The van der Waals surface area contributed by atoms with Crippen molar-refractivity contribution in [2.75, 3.05) is 19.8 Å². The zero-order valence-corrected chi connectivity index (χ0v) is 15.8. The van der Waals surface area contributed by atoms with Crippen molar-refractivity contribution in [3.63, 3.8) is 0 Å². The molecule has 9 heteroatoms. The van der Waals surface area contributed by atoms with Gasteiger partial charge in [0.1, 0.15) is 5.82 Å². The maximum Gasteiger partial charge on any atom is 0.407 e. The lowest BCUT2D eigenvalue weighted by Gasteiger charge is -2.14. The lowest BCUT2D eigenvalue weighted by atomic mass is 10.0. The molecule has 1 atom stereocenters. The first-order valence-electron chi connectivity index (χ1n) is 9.38. The monoisotopic (exact) mass is 381 g/mol. The van der Waals surface area contributed by atoms with Crippen LogP contribution in [-0.2, 0) is 22.4 Å². The number of unbranched alkanes of at least 4 members (excludes halogenated alkanes) is 1. The number of nitrogens with one attached hydrogen (secondary N) is 1. The smallest absolute Gasteiger partial charge is 0.407 e. The highest BCUT2D eigenvalue weighted by Gasteiger charge is 2.25. The Morgan fingerprint density at radius 2 is 2.07 bits per heavy atom. The number of carbonyl (C=O) groups is 2. The summed E-state index contributed by atoms with van der Waals surface area (Å²) in [6.07, 6.45) is 3.13. The number of hydrogen-bond acceptors (Lipinski definition) is 7. The van der Waals surface area contributed by atoms with Gasteiger partial charge in [-0.3, -0.25) is 9.36 Å². The number of esters is 1. The number of aromatic hydroxyl groups is 1. The third kappa shape index (κ3) is 5.45. The van der Waals surface area contributed by atoms with Crippen LogP contribution in [0.25, 0.3) is 0 Å². The molecule has 150 valence electrons. The Morgan fingerprint density at radius 1 is 1.30 bits per heavy atom. The van der Waals surface area contributed by atoms with Crippen molar-refractivity contribution in [2.45, 2.75) is 52.5 Å². The average Bonchev–Trinajstić information content (AvgIpc) is 2.86. The van der Waals surface area contributed by atoms with Gasteiger partial charge in [-0.05, 0) is 32.1 Å². The van der Waals surface area contributed by atoms with Crippen LogP contribution >= 0.6 is 0 Å². The van der Waals surface area contributed by atoms with Gasteiger partial charge in [0.15, 0.2) is 5.69 Å². The number of rotatable bonds is 7. The van der Waals surface area contributed by atoms with Crippen molar-refractivity contribution >= 4 is 12.1 Å². The fraction of sp³-hybridized carbons (Fsp3) is 0.667. The Morgan fingerprint density at radius 3 is 2.78 bits per heavy atom. The number of ether oxygens (including phenoxy) is 2. The lowest BCUT2D eigenvalue weighted by molar-refractivity contribution is 0.0514. The molecule has 2 heterocycles. The Bertz CT molecular complexity index is 731. The average molecular weight is 381 g/mol. The van der Waals surface area contributed by atoms with Crippen molar-refractivity contribution in [3.05, 3.63) is 21.9 Å². The summed E-state index contributed by atoms with van der Waals surface area (Å²) in [7, 11) is 0. The maximum atomic E-state index is 12.4. The van der Waals surface area contributed by atoms with Crippen LogP contribution in [0.3, 0.4) is 0 Å². The van der Waals surface area contributed by atoms with Gasteiger partial charge in [-0.2, -0.15) is 0 Å². The third-order valence-electron chi connectivity index (χ3n) is 4.50. The molecule has 1 aliphatic rings. The van der Waals surface area contributed by atoms with E-state index >= 15 is 0 Å². The number of nitrogens with zero attached hydrogens (tertiary/aromatic N) is 2. The molecule has 0 aromatic carbocycles. The molecule has 0 bridgehead atoms. The molecule has 1 aromatic heterocycles. The molecule has 0 saturated heterocycles. The predicted molar refractivity (Wildman–Crippen MR) is 96.8 cm³/mol. The standard InChI is InChI=1S/C18H27N3O6/c1-3-5-10-27-18(25)19-11-12-6-7-13-20-14(17(24)26-4-2)15(22)16(23)21(13)9-8-12/h12,22H,3-11H2,1-2H3,(H,19,25). The van der Waals surface area contributed by atoms with E-state index in [0.29, 0.717) is 44.8 Å². The summed E-state index contributed by atoms with van der Waals surface area (Å²) in [5.41, 5.74) is -0.986. The van der Waals surface area contributed by atoms with Crippen LogP contribution in [0.4, 0.5) is 4.79 Å². The molecule has 0 spiro atoms. The van der Waals surface area contributed by atoms with Crippen LogP contribution in [0, 0.1) is 5.92 Å². The van der Waals surface area contributed by atoms with Crippen LogP contribution in [0.15, 0.2) is 4.79 Å². The molecule has 0 fully saturated rings. The largest absolute Gasteiger partial charge is 0.501 e. The molecule has 1 aromatic rings. The summed E-state index contributed by atoms with van der Waals surface area (Å²) in [6, 6.07) is 0. The Labute approximate surface area is 157 Å². The molecule has 27 heavy (non-hydrogen) atoms. The number of amides is 1. The summed E-state index contributed by atoms with van der Waals surface area (Å²) in [5.74, 6) is -0.923. The minimum atomic E-state index is -0.812. The van der Waals surface area contributed by atoms with Gasteiger partial charge in [-0.25, -0.2) is 14.6 Å². The SMILES string of the molecule is CCCCOC(=O)NCC1CCc2nc(C(=O)OCC)c(O)c(=O)n2CC1. The Hall–Kier alpha value is -2.58. The molecular weight excluding hydrogens is 354 g/mol. The molecule has 1 aliphatic heterocycles. The second-order valence-corrected chi connectivity index (χ2v) is 6.47. The van der Waals surface area contributed by atoms with E-state index in [9.17, 15) is 19.5 Å². The first kappa shape index (κ1) is 20.7. The number of aryl methyl sites for hydroxylation is 1. The van der Waals surface area contributed by atoms with Gasteiger partial charge in [0.2, 0.25) is 5.75 Å². The van der Waals surface area contributed by atoms with Crippen LogP contribution in [-0.4, -0.2) is 46.5 Å². The van der Waals surface area contributed by atoms with Crippen LogP contribution in [0.2, 0.25) is 0 Å². The van der Waals surface area contributed by atoms with E-state index in [2.05, 4.69) is 10.3 Å². The van der Waals surface area contributed by atoms with E-state index in [1.54, 1.807) is 6.92 Å².